The average molecular weight is 239 g/mol. The summed E-state index contributed by atoms with van der Waals surface area (Å²) in [7, 11) is -2.17. The van der Waals surface area contributed by atoms with Gasteiger partial charge in [-0.05, 0) is 11.3 Å². The molecule has 0 heterocycles. The summed E-state index contributed by atoms with van der Waals surface area (Å²) >= 11 is 6.05. The Bertz CT molecular complexity index is 298. The molecular weight excluding hydrogens is 229 g/mol. The van der Waals surface area contributed by atoms with E-state index in [-0.39, 0.29) is 0 Å². The molecule has 0 saturated heterocycles. The molecule has 14 heavy (non-hydrogen) atoms. The van der Waals surface area contributed by atoms with Crippen LogP contribution in [0.4, 0.5) is 13.2 Å². The fourth-order valence-corrected chi connectivity index (χ4v) is 2.41. The molecule has 0 nitrogen and oxygen atoms in total. The van der Waals surface area contributed by atoms with E-state index in [9.17, 15) is 13.2 Å². The maximum Gasteiger partial charge on any atom is 0.416 e. The van der Waals surface area contributed by atoms with E-state index < -0.39 is 19.1 Å². The maximum absolute atomic E-state index is 12.3. The standard InChI is InChI=1S/C9H10ClF3Si/c1-14(2,10)8-5-3-4-7(6-8)9(11,12)13/h3-6H,1-2H3. The molecule has 0 spiro atoms. The van der Waals surface area contributed by atoms with Gasteiger partial charge in [0.05, 0.1) is 5.56 Å². The van der Waals surface area contributed by atoms with Crippen molar-refractivity contribution in [2.45, 2.75) is 19.3 Å². The van der Waals surface area contributed by atoms with Gasteiger partial charge in [-0.2, -0.15) is 24.3 Å². The van der Waals surface area contributed by atoms with Crippen LogP contribution in [0.3, 0.4) is 0 Å². The van der Waals surface area contributed by atoms with Gasteiger partial charge in [0.1, 0.15) is 0 Å². The average Bonchev–Trinajstić information content (AvgIpc) is 2.01. The van der Waals surface area contributed by atoms with E-state index in [0.29, 0.717) is 5.19 Å². The first-order valence-electron chi connectivity index (χ1n) is 4.08. The molecule has 0 aliphatic heterocycles. The van der Waals surface area contributed by atoms with Crippen molar-refractivity contribution >= 4 is 23.6 Å². The number of halogens is 4. The van der Waals surface area contributed by atoms with Crippen LogP contribution in [0.1, 0.15) is 5.56 Å². The molecule has 0 fully saturated rings. The lowest BCUT2D eigenvalue weighted by Gasteiger charge is -2.15. The van der Waals surface area contributed by atoms with Crippen molar-refractivity contribution in [1.29, 1.82) is 0 Å². The molecule has 0 atom stereocenters. The highest BCUT2D eigenvalue weighted by Gasteiger charge is 2.32. The van der Waals surface area contributed by atoms with Crippen LogP contribution in [0.5, 0.6) is 0 Å². The van der Waals surface area contributed by atoms with Gasteiger partial charge in [-0.15, -0.1) is 0 Å². The summed E-state index contributed by atoms with van der Waals surface area (Å²) in [5, 5.41) is 0.606. The molecule has 0 aliphatic rings. The smallest absolute Gasteiger partial charge is 0.166 e. The Balaban J connectivity index is 3.15. The van der Waals surface area contributed by atoms with E-state index in [0.717, 1.165) is 12.1 Å². The van der Waals surface area contributed by atoms with Gasteiger partial charge >= 0.3 is 6.18 Å². The fourth-order valence-electron chi connectivity index (χ4n) is 1.07. The van der Waals surface area contributed by atoms with Gasteiger partial charge in [0, 0.05) is 0 Å². The van der Waals surface area contributed by atoms with Gasteiger partial charge in [-0.3, -0.25) is 0 Å². The first-order chi connectivity index (χ1) is 6.21. The Morgan fingerprint density at radius 3 is 2.21 bits per heavy atom. The normalized spacial score (nSPS) is 13.0. The molecule has 1 rings (SSSR count). The van der Waals surface area contributed by atoms with Crippen molar-refractivity contribution in [3.63, 3.8) is 0 Å². The minimum absolute atomic E-state index is 0.606. The molecule has 1 aromatic rings. The Kier molecular flexibility index (Phi) is 2.97. The fraction of sp³-hybridized carbons (Fsp3) is 0.333. The van der Waals surface area contributed by atoms with Crippen molar-refractivity contribution in [3.05, 3.63) is 29.8 Å². The summed E-state index contributed by atoms with van der Waals surface area (Å²) in [6.45, 7) is 3.59. The van der Waals surface area contributed by atoms with E-state index in [4.69, 9.17) is 11.1 Å². The predicted octanol–water partition coefficient (Wildman–Crippen LogP) is 3.36. The lowest BCUT2D eigenvalue weighted by molar-refractivity contribution is -0.137. The molecule has 0 aliphatic carbocycles. The Morgan fingerprint density at radius 1 is 1.21 bits per heavy atom. The summed E-state index contributed by atoms with van der Waals surface area (Å²) in [4.78, 5) is 0. The van der Waals surface area contributed by atoms with Crippen LogP contribution in [0.25, 0.3) is 0 Å². The van der Waals surface area contributed by atoms with Crippen molar-refractivity contribution in [1.82, 2.24) is 0 Å². The van der Waals surface area contributed by atoms with Crippen molar-refractivity contribution in [3.8, 4) is 0 Å². The summed E-state index contributed by atoms with van der Waals surface area (Å²) in [5.74, 6) is 0. The van der Waals surface area contributed by atoms with Crippen molar-refractivity contribution < 1.29 is 13.2 Å². The SMILES string of the molecule is C[Si](C)(Cl)c1cccc(C(F)(F)F)c1. The molecule has 0 saturated carbocycles. The van der Waals surface area contributed by atoms with Gasteiger partial charge in [-0.1, -0.05) is 31.3 Å². The molecule has 78 valence electrons. The zero-order valence-electron chi connectivity index (χ0n) is 7.82. The van der Waals surface area contributed by atoms with Crippen LogP contribution in [0.15, 0.2) is 24.3 Å². The third kappa shape index (κ3) is 2.75. The van der Waals surface area contributed by atoms with E-state index >= 15 is 0 Å². The molecule has 0 bridgehead atoms. The summed E-state index contributed by atoms with van der Waals surface area (Å²) in [5.41, 5.74) is -0.628. The van der Waals surface area contributed by atoms with Crippen molar-refractivity contribution in [2.75, 3.05) is 0 Å². The first-order valence-corrected chi connectivity index (χ1v) is 8.09. The molecule has 0 N–H and O–H groups in total. The Morgan fingerprint density at radius 2 is 1.79 bits per heavy atom. The Hall–Kier alpha value is -0.483. The highest BCUT2D eigenvalue weighted by molar-refractivity contribution is 7.26. The van der Waals surface area contributed by atoms with Gasteiger partial charge < -0.3 is 0 Å². The highest BCUT2D eigenvalue weighted by atomic mass is 35.6. The van der Waals surface area contributed by atoms with E-state index in [1.807, 2.05) is 0 Å². The van der Waals surface area contributed by atoms with Crippen LogP contribution in [0.2, 0.25) is 13.1 Å². The summed E-state index contributed by atoms with van der Waals surface area (Å²) in [6, 6.07) is 5.24. The third-order valence-electron chi connectivity index (χ3n) is 1.88. The predicted molar refractivity (Wildman–Crippen MR) is 54.4 cm³/mol. The monoisotopic (exact) mass is 238 g/mol. The van der Waals surface area contributed by atoms with Gasteiger partial charge in [0.15, 0.2) is 7.38 Å². The number of hydrogen-bond donors (Lipinski definition) is 0. The zero-order valence-corrected chi connectivity index (χ0v) is 9.58. The second-order valence-electron chi connectivity index (χ2n) is 3.55. The molecule has 1 aromatic carbocycles. The van der Waals surface area contributed by atoms with E-state index in [1.165, 1.54) is 6.07 Å². The second-order valence-corrected chi connectivity index (χ2v) is 9.91. The molecule has 0 radical (unpaired) electrons. The lowest BCUT2D eigenvalue weighted by atomic mass is 10.2. The third-order valence-corrected chi connectivity index (χ3v) is 4.21. The highest BCUT2D eigenvalue weighted by Crippen LogP contribution is 2.28. The minimum atomic E-state index is -4.29. The quantitative estimate of drug-likeness (QED) is 0.520. The number of hydrogen-bond acceptors (Lipinski definition) is 0. The number of alkyl halides is 3. The van der Waals surface area contributed by atoms with Crippen LogP contribution in [-0.4, -0.2) is 7.38 Å². The van der Waals surface area contributed by atoms with Crippen molar-refractivity contribution in [2.24, 2.45) is 0 Å². The molecule has 5 heteroatoms. The van der Waals surface area contributed by atoms with Gasteiger partial charge in [-0.25, -0.2) is 0 Å². The van der Waals surface area contributed by atoms with Crippen LogP contribution < -0.4 is 5.19 Å². The van der Waals surface area contributed by atoms with Crippen LogP contribution in [0, 0.1) is 0 Å². The second kappa shape index (κ2) is 3.59. The lowest BCUT2D eigenvalue weighted by Crippen LogP contribution is -2.35. The topological polar surface area (TPSA) is 0 Å². The van der Waals surface area contributed by atoms with Gasteiger partial charge in [0.2, 0.25) is 0 Å². The molecular formula is C9H10ClF3Si. The zero-order chi connectivity index (χ0) is 11.0. The largest absolute Gasteiger partial charge is 0.416 e. The number of rotatable bonds is 1. The molecule has 0 unspecified atom stereocenters. The van der Waals surface area contributed by atoms with Crippen LogP contribution >= 0.6 is 11.1 Å². The summed E-state index contributed by atoms with van der Waals surface area (Å²) in [6.07, 6.45) is -4.29. The van der Waals surface area contributed by atoms with Gasteiger partial charge in [0.25, 0.3) is 0 Å². The summed E-state index contributed by atoms with van der Waals surface area (Å²) < 4.78 is 37.0. The number of benzene rings is 1. The van der Waals surface area contributed by atoms with E-state index in [2.05, 4.69) is 0 Å². The maximum atomic E-state index is 12.3. The molecule has 0 amide bonds. The molecule has 0 aromatic heterocycles. The first kappa shape index (κ1) is 11.6. The van der Waals surface area contributed by atoms with E-state index in [1.54, 1.807) is 19.2 Å². The Labute approximate surface area is 86.4 Å². The van der Waals surface area contributed by atoms with Crippen LogP contribution in [-0.2, 0) is 6.18 Å². The minimum Gasteiger partial charge on any atom is -0.166 e.